The molecule has 1 fully saturated rings. The van der Waals surface area contributed by atoms with Gasteiger partial charge < -0.3 is 11.1 Å². The molecule has 5 heteroatoms. The molecule has 0 radical (unpaired) electrons. The number of rotatable bonds is 2. The third-order valence-electron chi connectivity index (χ3n) is 5.03. The van der Waals surface area contributed by atoms with Gasteiger partial charge in [-0.2, -0.15) is 0 Å². The van der Waals surface area contributed by atoms with Crippen molar-refractivity contribution in [2.24, 2.45) is 23.0 Å². The van der Waals surface area contributed by atoms with Gasteiger partial charge in [-0.25, -0.2) is 0 Å². The zero-order chi connectivity index (χ0) is 15.8. The molecule has 3 atom stereocenters. The average molecular weight is 329 g/mol. The molecule has 21 heavy (non-hydrogen) atoms. The van der Waals surface area contributed by atoms with Crippen LogP contribution < -0.4 is 11.1 Å². The largest absolute Gasteiger partial charge is 0.327 e. The standard InChI is InChI=1S/C16H22Cl2N2O/c1-9-12(19)8-7-10(16(9,2)3)15(21)20-13-6-4-5-11(17)14(13)18/h4-6,9-10,12H,7-8,19H2,1-3H3,(H,20,21). The van der Waals surface area contributed by atoms with E-state index in [1.807, 2.05) is 0 Å². The lowest BCUT2D eigenvalue weighted by atomic mass is 9.61. The Morgan fingerprint density at radius 1 is 1.33 bits per heavy atom. The van der Waals surface area contributed by atoms with E-state index in [0.717, 1.165) is 12.8 Å². The van der Waals surface area contributed by atoms with E-state index in [1.54, 1.807) is 18.2 Å². The third kappa shape index (κ3) is 3.20. The number of hydrogen-bond donors (Lipinski definition) is 2. The van der Waals surface area contributed by atoms with Crippen LogP contribution in [0.2, 0.25) is 10.0 Å². The Bertz CT molecular complexity index is 545. The summed E-state index contributed by atoms with van der Waals surface area (Å²) in [6, 6.07) is 5.38. The molecule has 0 aromatic heterocycles. The van der Waals surface area contributed by atoms with Crippen molar-refractivity contribution >= 4 is 34.8 Å². The predicted molar refractivity (Wildman–Crippen MR) is 88.7 cm³/mol. The molecule has 3 unspecified atom stereocenters. The Hall–Kier alpha value is -0.770. The molecule has 1 aliphatic carbocycles. The first-order valence-electron chi connectivity index (χ1n) is 7.25. The molecule has 3 nitrogen and oxygen atoms in total. The van der Waals surface area contributed by atoms with Crippen molar-refractivity contribution < 1.29 is 4.79 Å². The molecule has 3 N–H and O–H groups in total. The van der Waals surface area contributed by atoms with Crippen molar-refractivity contribution in [3.05, 3.63) is 28.2 Å². The van der Waals surface area contributed by atoms with E-state index in [1.165, 1.54) is 0 Å². The molecule has 0 spiro atoms. The zero-order valence-corrected chi connectivity index (χ0v) is 14.1. The van der Waals surface area contributed by atoms with Crippen LogP contribution >= 0.6 is 23.2 Å². The van der Waals surface area contributed by atoms with Gasteiger partial charge in [-0.3, -0.25) is 4.79 Å². The number of anilines is 1. The molecule has 1 aromatic rings. The minimum atomic E-state index is -0.146. The fourth-order valence-electron chi connectivity index (χ4n) is 3.14. The molecule has 116 valence electrons. The molecule has 1 aliphatic rings. The van der Waals surface area contributed by atoms with Crippen molar-refractivity contribution in [3.63, 3.8) is 0 Å². The molecule has 1 aromatic carbocycles. The van der Waals surface area contributed by atoms with Gasteiger partial charge in [0, 0.05) is 12.0 Å². The first-order valence-corrected chi connectivity index (χ1v) is 8.01. The summed E-state index contributed by atoms with van der Waals surface area (Å²) in [4.78, 5) is 12.6. The number of nitrogens with one attached hydrogen (secondary N) is 1. The summed E-state index contributed by atoms with van der Waals surface area (Å²) in [5, 5.41) is 3.73. The second-order valence-corrected chi connectivity index (χ2v) is 7.28. The SMILES string of the molecule is CC1C(N)CCC(C(=O)Nc2cccc(Cl)c2Cl)C1(C)C. The Labute approximate surface area is 136 Å². The maximum Gasteiger partial charge on any atom is 0.228 e. The summed E-state index contributed by atoms with van der Waals surface area (Å²) in [5.74, 6) is 0.196. The van der Waals surface area contributed by atoms with Crippen LogP contribution in [0.15, 0.2) is 18.2 Å². The van der Waals surface area contributed by atoms with Crippen molar-refractivity contribution in [1.29, 1.82) is 0 Å². The van der Waals surface area contributed by atoms with E-state index < -0.39 is 0 Å². The molecule has 0 heterocycles. The normalized spacial score (nSPS) is 28.2. The lowest BCUT2D eigenvalue weighted by Crippen LogP contribution is -2.50. The fourth-order valence-corrected chi connectivity index (χ4v) is 3.49. The van der Waals surface area contributed by atoms with Crippen molar-refractivity contribution in [1.82, 2.24) is 0 Å². The smallest absolute Gasteiger partial charge is 0.228 e. The Morgan fingerprint density at radius 3 is 2.67 bits per heavy atom. The highest BCUT2D eigenvalue weighted by atomic mass is 35.5. The van der Waals surface area contributed by atoms with Crippen LogP contribution in [0.1, 0.15) is 33.6 Å². The molecular weight excluding hydrogens is 307 g/mol. The van der Waals surface area contributed by atoms with Crippen LogP contribution in [-0.2, 0) is 4.79 Å². The number of nitrogens with two attached hydrogens (primary N) is 1. The summed E-state index contributed by atoms with van der Waals surface area (Å²) in [6.45, 7) is 6.34. The highest BCUT2D eigenvalue weighted by molar-refractivity contribution is 6.44. The Balaban J connectivity index is 2.18. The highest BCUT2D eigenvalue weighted by Gasteiger charge is 2.45. The first-order chi connectivity index (χ1) is 9.75. The predicted octanol–water partition coefficient (Wildman–Crippen LogP) is 4.33. The van der Waals surface area contributed by atoms with Gasteiger partial charge in [-0.05, 0) is 36.3 Å². The number of amides is 1. The third-order valence-corrected chi connectivity index (χ3v) is 5.85. The number of carbonyl (C=O) groups is 1. The molecule has 0 saturated heterocycles. The summed E-state index contributed by atoms with van der Waals surface area (Å²) < 4.78 is 0. The Kier molecular flexibility index (Phi) is 4.86. The molecule has 0 bridgehead atoms. The van der Waals surface area contributed by atoms with E-state index in [0.29, 0.717) is 15.7 Å². The van der Waals surface area contributed by atoms with Gasteiger partial charge >= 0.3 is 0 Å². The summed E-state index contributed by atoms with van der Waals surface area (Å²) in [5.41, 5.74) is 6.56. The second-order valence-electron chi connectivity index (χ2n) is 6.49. The van der Waals surface area contributed by atoms with Gasteiger partial charge in [0.05, 0.1) is 15.7 Å². The molecular formula is C16H22Cl2N2O. The number of hydrogen-bond acceptors (Lipinski definition) is 2. The molecule has 1 amide bonds. The van der Waals surface area contributed by atoms with Gasteiger partial charge in [-0.1, -0.05) is 50.0 Å². The second kappa shape index (κ2) is 6.15. The van der Waals surface area contributed by atoms with Gasteiger partial charge in [0.25, 0.3) is 0 Å². The van der Waals surface area contributed by atoms with Crippen LogP contribution in [0.5, 0.6) is 0 Å². The van der Waals surface area contributed by atoms with Crippen LogP contribution in [0.25, 0.3) is 0 Å². The first kappa shape index (κ1) is 16.6. The maximum absolute atomic E-state index is 12.6. The molecule has 0 aliphatic heterocycles. The van der Waals surface area contributed by atoms with Crippen molar-refractivity contribution in [2.75, 3.05) is 5.32 Å². The molecule has 2 rings (SSSR count). The van der Waals surface area contributed by atoms with Crippen LogP contribution in [0.3, 0.4) is 0 Å². The molecule has 1 saturated carbocycles. The van der Waals surface area contributed by atoms with Gasteiger partial charge in [0.1, 0.15) is 0 Å². The highest BCUT2D eigenvalue weighted by Crippen LogP contribution is 2.45. The van der Waals surface area contributed by atoms with E-state index in [9.17, 15) is 4.79 Å². The number of halogens is 2. The summed E-state index contributed by atoms with van der Waals surface area (Å²) in [7, 11) is 0. The maximum atomic E-state index is 12.6. The summed E-state index contributed by atoms with van der Waals surface area (Å²) >= 11 is 12.1. The fraction of sp³-hybridized carbons (Fsp3) is 0.562. The number of carbonyl (C=O) groups excluding carboxylic acids is 1. The van der Waals surface area contributed by atoms with Crippen LogP contribution in [0, 0.1) is 17.3 Å². The quantitative estimate of drug-likeness (QED) is 0.848. The van der Waals surface area contributed by atoms with E-state index in [-0.39, 0.29) is 29.2 Å². The Morgan fingerprint density at radius 2 is 2.00 bits per heavy atom. The van der Waals surface area contributed by atoms with Gasteiger partial charge in [-0.15, -0.1) is 0 Å². The lowest BCUT2D eigenvalue weighted by molar-refractivity contribution is -0.127. The minimum absolute atomic E-state index is 0.0112. The van der Waals surface area contributed by atoms with E-state index >= 15 is 0 Å². The van der Waals surface area contributed by atoms with Crippen molar-refractivity contribution in [2.45, 2.75) is 39.7 Å². The number of benzene rings is 1. The van der Waals surface area contributed by atoms with Crippen LogP contribution in [-0.4, -0.2) is 11.9 Å². The van der Waals surface area contributed by atoms with E-state index in [2.05, 4.69) is 26.1 Å². The summed E-state index contributed by atoms with van der Waals surface area (Å²) in [6.07, 6.45) is 1.66. The van der Waals surface area contributed by atoms with Gasteiger partial charge in [0.15, 0.2) is 0 Å². The van der Waals surface area contributed by atoms with Crippen LogP contribution in [0.4, 0.5) is 5.69 Å². The minimum Gasteiger partial charge on any atom is -0.327 e. The van der Waals surface area contributed by atoms with Gasteiger partial charge in [0.2, 0.25) is 5.91 Å². The monoisotopic (exact) mass is 328 g/mol. The topological polar surface area (TPSA) is 55.1 Å². The zero-order valence-electron chi connectivity index (χ0n) is 12.6. The van der Waals surface area contributed by atoms with Crippen molar-refractivity contribution in [3.8, 4) is 0 Å². The van der Waals surface area contributed by atoms with E-state index in [4.69, 9.17) is 28.9 Å². The average Bonchev–Trinajstić information content (AvgIpc) is 2.41. The lowest BCUT2D eigenvalue weighted by Gasteiger charge is -2.46.